The molecule has 122 valence electrons. The van der Waals surface area contributed by atoms with E-state index in [0.717, 1.165) is 18.4 Å². The van der Waals surface area contributed by atoms with Crippen LogP contribution in [0.25, 0.3) is 10.4 Å². The molecule has 0 aliphatic heterocycles. The van der Waals surface area contributed by atoms with E-state index in [1.807, 2.05) is 11.3 Å². The molecule has 1 aliphatic rings. The molecular formula is C20H24O2S. The number of rotatable bonds is 3. The highest BCUT2D eigenvalue weighted by Crippen LogP contribution is 2.46. The van der Waals surface area contributed by atoms with Crippen molar-refractivity contribution >= 4 is 17.3 Å². The largest absolute Gasteiger partial charge is 0.481 e. The Kier molecular flexibility index (Phi) is 4.09. The predicted molar refractivity (Wildman–Crippen MR) is 96.4 cm³/mol. The summed E-state index contributed by atoms with van der Waals surface area (Å²) in [4.78, 5) is 14.0. The van der Waals surface area contributed by atoms with Crippen molar-refractivity contribution in [3.05, 3.63) is 45.3 Å². The topological polar surface area (TPSA) is 37.3 Å². The predicted octanol–water partition coefficient (Wildman–Crippen LogP) is 5.17. The molecule has 1 aliphatic carbocycles. The molecule has 1 N–H and O–H groups in total. The van der Waals surface area contributed by atoms with Gasteiger partial charge in [0.25, 0.3) is 0 Å². The Bertz CT molecular complexity index is 768. The van der Waals surface area contributed by atoms with Crippen molar-refractivity contribution in [1.82, 2.24) is 0 Å². The number of fused-ring (bicyclic) bond motifs is 1. The number of benzene rings is 1. The van der Waals surface area contributed by atoms with Crippen molar-refractivity contribution in [2.24, 2.45) is 5.41 Å². The minimum Gasteiger partial charge on any atom is -0.481 e. The highest BCUT2D eigenvalue weighted by atomic mass is 32.1. The SMILES string of the molecule is Cc1cccc(-c2sc3c(c2CC(=O)O)CC(C)(C)CC3)c1C. The molecule has 0 atom stereocenters. The monoisotopic (exact) mass is 328 g/mol. The molecule has 1 aromatic carbocycles. The number of carboxylic acid groups (broad SMARTS) is 1. The molecule has 0 fully saturated rings. The van der Waals surface area contributed by atoms with Gasteiger partial charge >= 0.3 is 5.97 Å². The highest BCUT2D eigenvalue weighted by molar-refractivity contribution is 7.16. The van der Waals surface area contributed by atoms with Gasteiger partial charge in [0.1, 0.15) is 0 Å². The molecular weight excluding hydrogens is 304 g/mol. The average molecular weight is 328 g/mol. The van der Waals surface area contributed by atoms with E-state index < -0.39 is 5.97 Å². The Morgan fingerprint density at radius 3 is 2.74 bits per heavy atom. The fourth-order valence-corrected chi connectivity index (χ4v) is 4.95. The summed E-state index contributed by atoms with van der Waals surface area (Å²) in [6.07, 6.45) is 3.38. The van der Waals surface area contributed by atoms with Crippen LogP contribution in [-0.4, -0.2) is 11.1 Å². The van der Waals surface area contributed by atoms with Crippen LogP contribution in [0.5, 0.6) is 0 Å². The van der Waals surface area contributed by atoms with Gasteiger partial charge in [0.05, 0.1) is 6.42 Å². The Hall–Kier alpha value is -1.61. The van der Waals surface area contributed by atoms with Gasteiger partial charge < -0.3 is 5.11 Å². The van der Waals surface area contributed by atoms with E-state index in [1.165, 1.54) is 38.4 Å². The lowest BCUT2D eigenvalue weighted by atomic mass is 9.75. The normalized spacial score (nSPS) is 16.2. The van der Waals surface area contributed by atoms with Crippen LogP contribution in [0, 0.1) is 19.3 Å². The Balaban J connectivity index is 2.19. The van der Waals surface area contributed by atoms with Crippen molar-refractivity contribution < 1.29 is 9.90 Å². The molecule has 0 amide bonds. The van der Waals surface area contributed by atoms with Crippen LogP contribution in [0.3, 0.4) is 0 Å². The molecule has 0 saturated carbocycles. The van der Waals surface area contributed by atoms with Gasteiger partial charge in [-0.3, -0.25) is 4.79 Å². The van der Waals surface area contributed by atoms with Crippen LogP contribution in [0.1, 0.15) is 47.4 Å². The van der Waals surface area contributed by atoms with Crippen molar-refractivity contribution in [3.63, 3.8) is 0 Å². The zero-order valence-corrected chi connectivity index (χ0v) is 15.1. The molecule has 0 radical (unpaired) electrons. The molecule has 1 heterocycles. The van der Waals surface area contributed by atoms with E-state index in [4.69, 9.17) is 0 Å². The van der Waals surface area contributed by atoms with Crippen molar-refractivity contribution in [3.8, 4) is 10.4 Å². The zero-order chi connectivity index (χ0) is 16.8. The molecule has 2 nitrogen and oxygen atoms in total. The number of carbonyl (C=O) groups is 1. The lowest BCUT2D eigenvalue weighted by Crippen LogP contribution is -2.22. The molecule has 1 aromatic heterocycles. The maximum atomic E-state index is 11.5. The third kappa shape index (κ3) is 3.07. The number of aliphatic carboxylic acids is 1. The van der Waals surface area contributed by atoms with Gasteiger partial charge in [0.2, 0.25) is 0 Å². The Labute approximate surface area is 142 Å². The highest BCUT2D eigenvalue weighted by Gasteiger charge is 2.31. The van der Waals surface area contributed by atoms with Crippen LogP contribution in [0.15, 0.2) is 18.2 Å². The van der Waals surface area contributed by atoms with Gasteiger partial charge in [0.15, 0.2) is 0 Å². The number of hydrogen-bond donors (Lipinski definition) is 1. The summed E-state index contributed by atoms with van der Waals surface area (Å²) >= 11 is 1.82. The molecule has 3 rings (SSSR count). The molecule has 23 heavy (non-hydrogen) atoms. The first kappa shape index (κ1) is 16.3. The van der Waals surface area contributed by atoms with Crippen LogP contribution < -0.4 is 0 Å². The lowest BCUT2D eigenvalue weighted by molar-refractivity contribution is -0.136. The van der Waals surface area contributed by atoms with E-state index in [2.05, 4.69) is 45.9 Å². The zero-order valence-electron chi connectivity index (χ0n) is 14.3. The minimum atomic E-state index is -0.736. The molecule has 0 bridgehead atoms. The standard InChI is InChI=1S/C20H24O2S/c1-12-6-5-7-14(13(12)2)19-15(10-18(21)22)16-11-20(3,4)9-8-17(16)23-19/h5-7H,8-11H2,1-4H3,(H,21,22). The molecule has 2 aromatic rings. The average Bonchev–Trinajstić information content (AvgIpc) is 2.78. The maximum Gasteiger partial charge on any atom is 0.307 e. The van der Waals surface area contributed by atoms with Crippen molar-refractivity contribution in [1.29, 1.82) is 0 Å². The second kappa shape index (κ2) is 5.79. The van der Waals surface area contributed by atoms with Gasteiger partial charge in [-0.25, -0.2) is 0 Å². The third-order valence-electron chi connectivity index (χ3n) is 5.06. The summed E-state index contributed by atoms with van der Waals surface area (Å²) in [7, 11) is 0. The fourth-order valence-electron chi connectivity index (χ4n) is 3.53. The van der Waals surface area contributed by atoms with E-state index in [9.17, 15) is 9.90 Å². The summed E-state index contributed by atoms with van der Waals surface area (Å²) < 4.78 is 0. The van der Waals surface area contributed by atoms with Crippen LogP contribution in [0.2, 0.25) is 0 Å². The first-order valence-electron chi connectivity index (χ1n) is 8.20. The van der Waals surface area contributed by atoms with Crippen molar-refractivity contribution in [2.75, 3.05) is 0 Å². The first-order chi connectivity index (χ1) is 10.8. The van der Waals surface area contributed by atoms with Crippen LogP contribution in [0.4, 0.5) is 0 Å². The number of thiophene rings is 1. The summed E-state index contributed by atoms with van der Waals surface area (Å²) in [6, 6.07) is 6.33. The fraction of sp³-hybridized carbons (Fsp3) is 0.450. The molecule has 0 spiro atoms. The van der Waals surface area contributed by atoms with Gasteiger partial charge in [-0.15, -0.1) is 11.3 Å². The smallest absolute Gasteiger partial charge is 0.307 e. The van der Waals surface area contributed by atoms with E-state index in [0.29, 0.717) is 0 Å². The minimum absolute atomic E-state index is 0.130. The van der Waals surface area contributed by atoms with E-state index in [-0.39, 0.29) is 11.8 Å². The summed E-state index contributed by atoms with van der Waals surface area (Å²) in [5.74, 6) is -0.736. The van der Waals surface area contributed by atoms with Gasteiger partial charge in [-0.2, -0.15) is 0 Å². The lowest BCUT2D eigenvalue weighted by Gasteiger charge is -2.30. The van der Waals surface area contributed by atoms with Crippen LogP contribution in [-0.2, 0) is 24.1 Å². The molecule has 0 saturated heterocycles. The van der Waals surface area contributed by atoms with Gasteiger partial charge in [0, 0.05) is 9.75 Å². The second-order valence-electron chi connectivity index (χ2n) is 7.47. The maximum absolute atomic E-state index is 11.5. The van der Waals surface area contributed by atoms with E-state index in [1.54, 1.807) is 0 Å². The Morgan fingerprint density at radius 2 is 2.04 bits per heavy atom. The summed E-state index contributed by atoms with van der Waals surface area (Å²) in [6.45, 7) is 8.83. The number of carboxylic acids is 1. The summed E-state index contributed by atoms with van der Waals surface area (Å²) in [5, 5.41) is 9.42. The van der Waals surface area contributed by atoms with Crippen molar-refractivity contribution in [2.45, 2.75) is 53.4 Å². The van der Waals surface area contributed by atoms with Crippen LogP contribution >= 0.6 is 11.3 Å². The van der Waals surface area contributed by atoms with Gasteiger partial charge in [-0.1, -0.05) is 32.0 Å². The number of aryl methyl sites for hydroxylation is 2. The second-order valence-corrected chi connectivity index (χ2v) is 8.58. The van der Waals surface area contributed by atoms with E-state index >= 15 is 0 Å². The number of hydrogen-bond acceptors (Lipinski definition) is 2. The quantitative estimate of drug-likeness (QED) is 0.843. The van der Waals surface area contributed by atoms with Gasteiger partial charge in [-0.05, 0) is 66.3 Å². The summed E-state index contributed by atoms with van der Waals surface area (Å²) in [5.41, 5.74) is 6.36. The first-order valence-corrected chi connectivity index (χ1v) is 9.02. The third-order valence-corrected chi connectivity index (χ3v) is 6.43. The molecule has 0 unspecified atom stereocenters. The Morgan fingerprint density at radius 1 is 1.30 bits per heavy atom. The molecule has 3 heteroatoms.